The summed E-state index contributed by atoms with van der Waals surface area (Å²) >= 11 is 0. The van der Waals surface area contributed by atoms with Crippen molar-refractivity contribution < 1.29 is 4.74 Å². The molecule has 3 nitrogen and oxygen atoms in total. The molecule has 1 atom stereocenters. The highest BCUT2D eigenvalue weighted by Crippen LogP contribution is 2.34. The Bertz CT molecular complexity index is 241. The van der Waals surface area contributed by atoms with E-state index in [1.165, 1.54) is 19.5 Å². The molecule has 0 amide bonds. The van der Waals surface area contributed by atoms with Crippen molar-refractivity contribution in [1.82, 2.24) is 10.6 Å². The fourth-order valence-corrected chi connectivity index (χ4v) is 3.00. The number of rotatable bonds is 4. The van der Waals surface area contributed by atoms with E-state index < -0.39 is 0 Å². The van der Waals surface area contributed by atoms with Crippen LogP contribution in [0.15, 0.2) is 0 Å². The van der Waals surface area contributed by atoms with Gasteiger partial charge in [-0.15, -0.1) is 0 Å². The Balaban J connectivity index is 1.90. The molecule has 2 rings (SSSR count). The smallest absolute Gasteiger partial charge is 0.0483 e. The summed E-state index contributed by atoms with van der Waals surface area (Å²) in [5.74, 6) is 0.744. The lowest BCUT2D eigenvalue weighted by Crippen LogP contribution is -2.52. The Kier molecular flexibility index (Phi) is 4.11. The number of hydrogen-bond donors (Lipinski definition) is 2. The lowest BCUT2D eigenvalue weighted by atomic mass is 9.75. The fraction of sp³-hybridized carbons (Fsp3) is 1.00. The zero-order chi connectivity index (χ0) is 12.4. The molecule has 2 N–H and O–H groups in total. The van der Waals surface area contributed by atoms with E-state index in [0.29, 0.717) is 11.0 Å². The van der Waals surface area contributed by atoms with E-state index in [-0.39, 0.29) is 0 Å². The van der Waals surface area contributed by atoms with E-state index in [1.807, 2.05) is 0 Å². The molecule has 2 heterocycles. The highest BCUT2D eigenvalue weighted by molar-refractivity contribution is 4.95. The summed E-state index contributed by atoms with van der Waals surface area (Å²) in [7, 11) is 0. The largest absolute Gasteiger partial charge is 0.381 e. The van der Waals surface area contributed by atoms with Gasteiger partial charge < -0.3 is 15.4 Å². The molecule has 17 heavy (non-hydrogen) atoms. The fourth-order valence-electron chi connectivity index (χ4n) is 3.00. The second-order valence-corrected chi connectivity index (χ2v) is 6.47. The van der Waals surface area contributed by atoms with Crippen LogP contribution in [0.1, 0.15) is 40.0 Å². The molecule has 3 heteroatoms. The average molecular weight is 240 g/mol. The van der Waals surface area contributed by atoms with Gasteiger partial charge in [0.2, 0.25) is 0 Å². The molecule has 0 aromatic heterocycles. The Morgan fingerprint density at radius 3 is 2.47 bits per heavy atom. The molecule has 0 saturated carbocycles. The van der Waals surface area contributed by atoms with Crippen LogP contribution in [0, 0.1) is 11.3 Å². The Labute approximate surface area is 106 Å². The van der Waals surface area contributed by atoms with Gasteiger partial charge in [-0.05, 0) is 44.1 Å². The topological polar surface area (TPSA) is 33.3 Å². The zero-order valence-electron chi connectivity index (χ0n) is 11.6. The van der Waals surface area contributed by atoms with Gasteiger partial charge in [0, 0.05) is 31.8 Å². The van der Waals surface area contributed by atoms with Crippen LogP contribution in [0.4, 0.5) is 0 Å². The normalized spacial score (nSPS) is 33.2. The minimum atomic E-state index is 0.294. The first-order valence-electron chi connectivity index (χ1n) is 7.10. The summed E-state index contributed by atoms with van der Waals surface area (Å²) in [6, 6.07) is 0. The monoisotopic (exact) mass is 240 g/mol. The van der Waals surface area contributed by atoms with E-state index in [9.17, 15) is 0 Å². The van der Waals surface area contributed by atoms with E-state index in [0.717, 1.165) is 38.5 Å². The standard InChI is InChI=1S/C14H28N2O/c1-12(2)14(4-7-15-10-14)11-16-13(3)5-8-17-9-6-13/h12,15-16H,4-11H2,1-3H3. The molecular weight excluding hydrogens is 212 g/mol. The molecule has 2 fully saturated rings. The summed E-state index contributed by atoms with van der Waals surface area (Å²) in [5, 5.41) is 7.37. The van der Waals surface area contributed by atoms with Crippen molar-refractivity contribution in [2.24, 2.45) is 11.3 Å². The van der Waals surface area contributed by atoms with Crippen LogP contribution in [0.25, 0.3) is 0 Å². The van der Waals surface area contributed by atoms with Gasteiger partial charge in [-0.2, -0.15) is 0 Å². The molecule has 0 aromatic rings. The molecule has 0 bridgehead atoms. The average Bonchev–Trinajstić information content (AvgIpc) is 2.78. The third-order valence-electron chi connectivity index (χ3n) is 4.97. The van der Waals surface area contributed by atoms with Crippen LogP contribution < -0.4 is 10.6 Å². The number of ether oxygens (including phenoxy) is 1. The molecule has 0 aromatic carbocycles. The first kappa shape index (κ1) is 13.3. The van der Waals surface area contributed by atoms with Gasteiger partial charge in [-0.1, -0.05) is 13.8 Å². The van der Waals surface area contributed by atoms with Crippen LogP contribution in [0.5, 0.6) is 0 Å². The molecule has 0 aliphatic carbocycles. The maximum Gasteiger partial charge on any atom is 0.0483 e. The minimum Gasteiger partial charge on any atom is -0.381 e. The van der Waals surface area contributed by atoms with Gasteiger partial charge in [0.15, 0.2) is 0 Å². The maximum atomic E-state index is 5.46. The molecule has 2 saturated heterocycles. The van der Waals surface area contributed by atoms with Crippen molar-refractivity contribution in [2.75, 3.05) is 32.8 Å². The van der Waals surface area contributed by atoms with Crippen LogP contribution in [-0.2, 0) is 4.74 Å². The van der Waals surface area contributed by atoms with E-state index in [2.05, 4.69) is 31.4 Å². The SMILES string of the molecule is CC(C)C1(CNC2(C)CCOCC2)CCNC1. The number of hydrogen-bond acceptors (Lipinski definition) is 3. The summed E-state index contributed by atoms with van der Waals surface area (Å²) in [4.78, 5) is 0. The minimum absolute atomic E-state index is 0.294. The van der Waals surface area contributed by atoms with Gasteiger partial charge >= 0.3 is 0 Å². The van der Waals surface area contributed by atoms with Crippen LogP contribution in [-0.4, -0.2) is 38.4 Å². The van der Waals surface area contributed by atoms with Crippen LogP contribution in [0.3, 0.4) is 0 Å². The highest BCUT2D eigenvalue weighted by atomic mass is 16.5. The lowest BCUT2D eigenvalue weighted by Gasteiger charge is -2.40. The van der Waals surface area contributed by atoms with E-state index >= 15 is 0 Å². The van der Waals surface area contributed by atoms with E-state index in [4.69, 9.17) is 4.74 Å². The van der Waals surface area contributed by atoms with Gasteiger partial charge in [-0.3, -0.25) is 0 Å². The second-order valence-electron chi connectivity index (χ2n) is 6.47. The van der Waals surface area contributed by atoms with Crippen molar-refractivity contribution in [2.45, 2.75) is 45.6 Å². The molecule has 100 valence electrons. The summed E-state index contributed by atoms with van der Waals surface area (Å²) in [6.07, 6.45) is 3.60. The summed E-state index contributed by atoms with van der Waals surface area (Å²) < 4.78 is 5.46. The van der Waals surface area contributed by atoms with Crippen LogP contribution in [0.2, 0.25) is 0 Å². The Morgan fingerprint density at radius 1 is 1.24 bits per heavy atom. The second kappa shape index (κ2) is 5.25. The van der Waals surface area contributed by atoms with Crippen molar-refractivity contribution >= 4 is 0 Å². The quantitative estimate of drug-likeness (QED) is 0.786. The third kappa shape index (κ3) is 3.01. The lowest BCUT2D eigenvalue weighted by molar-refractivity contribution is 0.0378. The number of nitrogens with one attached hydrogen (secondary N) is 2. The van der Waals surface area contributed by atoms with Crippen molar-refractivity contribution in [3.63, 3.8) is 0 Å². The van der Waals surface area contributed by atoms with Gasteiger partial charge in [0.1, 0.15) is 0 Å². The Morgan fingerprint density at radius 2 is 1.94 bits per heavy atom. The van der Waals surface area contributed by atoms with Crippen molar-refractivity contribution in [3.05, 3.63) is 0 Å². The maximum absolute atomic E-state index is 5.46. The predicted octanol–water partition coefficient (Wildman–Crippen LogP) is 1.78. The first-order valence-corrected chi connectivity index (χ1v) is 7.10. The summed E-state index contributed by atoms with van der Waals surface area (Å²) in [6.45, 7) is 12.4. The highest BCUT2D eigenvalue weighted by Gasteiger charge is 2.38. The molecule has 1 unspecified atom stereocenters. The first-order chi connectivity index (χ1) is 8.06. The third-order valence-corrected chi connectivity index (χ3v) is 4.97. The van der Waals surface area contributed by atoms with Crippen LogP contribution >= 0.6 is 0 Å². The molecule has 0 spiro atoms. The Hall–Kier alpha value is -0.120. The predicted molar refractivity (Wildman–Crippen MR) is 71.2 cm³/mol. The van der Waals surface area contributed by atoms with Gasteiger partial charge in [-0.25, -0.2) is 0 Å². The molecule has 0 radical (unpaired) electrons. The van der Waals surface area contributed by atoms with Crippen molar-refractivity contribution in [3.8, 4) is 0 Å². The molecule has 2 aliphatic heterocycles. The molecule has 2 aliphatic rings. The van der Waals surface area contributed by atoms with E-state index in [1.54, 1.807) is 0 Å². The molecular formula is C14H28N2O. The van der Waals surface area contributed by atoms with Gasteiger partial charge in [0.05, 0.1) is 0 Å². The van der Waals surface area contributed by atoms with Crippen molar-refractivity contribution in [1.29, 1.82) is 0 Å². The van der Waals surface area contributed by atoms with Gasteiger partial charge in [0.25, 0.3) is 0 Å². The zero-order valence-corrected chi connectivity index (χ0v) is 11.6. The summed E-state index contributed by atoms with van der Waals surface area (Å²) in [5.41, 5.74) is 0.754.